The number of H-pyrrole nitrogens is 1. The van der Waals surface area contributed by atoms with E-state index in [1.807, 2.05) is 52.3 Å². The van der Waals surface area contributed by atoms with E-state index in [1.165, 1.54) is 0 Å². The molecule has 30 heavy (non-hydrogen) atoms. The van der Waals surface area contributed by atoms with Gasteiger partial charge < -0.3 is 19.7 Å². The summed E-state index contributed by atoms with van der Waals surface area (Å²) in [6.45, 7) is 4.98. The lowest BCUT2D eigenvalue weighted by molar-refractivity contribution is -0.116. The molecule has 4 rings (SSSR count). The number of carbonyl (C=O) groups is 2. The van der Waals surface area contributed by atoms with E-state index in [2.05, 4.69) is 21.9 Å². The number of likely N-dealkylation sites (N-methyl/N-ethyl adjacent to an activating group) is 1. The summed E-state index contributed by atoms with van der Waals surface area (Å²) in [5.41, 5.74) is 4.18. The maximum Gasteiger partial charge on any atom is 0.254 e. The molecule has 0 bridgehead atoms. The number of nitrogens with zero attached hydrogens (tertiary/aromatic N) is 4. The van der Waals surface area contributed by atoms with E-state index in [4.69, 9.17) is 0 Å². The molecule has 2 aromatic carbocycles. The van der Waals surface area contributed by atoms with Gasteiger partial charge in [-0.05, 0) is 49.8 Å². The van der Waals surface area contributed by atoms with Crippen molar-refractivity contribution in [1.82, 2.24) is 19.8 Å². The molecule has 0 aliphatic carbocycles. The van der Waals surface area contributed by atoms with Crippen molar-refractivity contribution >= 4 is 28.5 Å². The average Bonchev–Trinajstić information content (AvgIpc) is 3.20. The number of benzene rings is 2. The summed E-state index contributed by atoms with van der Waals surface area (Å²) in [5.74, 6) is -0.00440. The van der Waals surface area contributed by atoms with Gasteiger partial charge >= 0.3 is 0 Å². The van der Waals surface area contributed by atoms with Crippen LogP contribution in [0.3, 0.4) is 0 Å². The number of rotatable bonds is 1. The Bertz CT molecular complexity index is 1060. The Kier molecular flexibility index (Phi) is 5.81. The van der Waals surface area contributed by atoms with Gasteiger partial charge in [-0.1, -0.05) is 18.2 Å². The van der Waals surface area contributed by atoms with Crippen molar-refractivity contribution in [3.05, 3.63) is 59.9 Å². The number of aromatic nitrogens is 2. The third-order valence-corrected chi connectivity index (χ3v) is 5.65. The Morgan fingerprint density at radius 2 is 1.87 bits per heavy atom. The standard InChI is InChI=1S/C23H27N5O2/c1-17(29)28-11-5-10-26(2)12-13-27(15-19-6-3-4-7-22(19)28)23(30)18-8-9-20-21(14-18)25-16-24-20/h3-4,6-9,14,16H,5,10-13,15H2,1-2H3,(H,24,25). The Hall–Kier alpha value is -3.19. The fraction of sp³-hybridized carbons (Fsp3) is 0.348. The fourth-order valence-corrected chi connectivity index (χ4v) is 3.97. The molecule has 0 saturated carbocycles. The number of imidazole rings is 1. The summed E-state index contributed by atoms with van der Waals surface area (Å²) < 4.78 is 0. The predicted octanol–water partition coefficient (Wildman–Crippen LogP) is 2.89. The first-order valence-electron chi connectivity index (χ1n) is 10.3. The second-order valence-electron chi connectivity index (χ2n) is 7.82. The second kappa shape index (κ2) is 8.67. The summed E-state index contributed by atoms with van der Waals surface area (Å²) in [7, 11) is 2.06. The van der Waals surface area contributed by atoms with E-state index in [1.54, 1.807) is 13.3 Å². The van der Waals surface area contributed by atoms with Gasteiger partial charge in [0.1, 0.15) is 0 Å². The molecule has 0 atom stereocenters. The number of amides is 2. The molecule has 1 N–H and O–H groups in total. The van der Waals surface area contributed by atoms with Crippen LogP contribution in [-0.4, -0.2) is 64.8 Å². The Morgan fingerprint density at radius 3 is 2.70 bits per heavy atom. The van der Waals surface area contributed by atoms with Crippen LogP contribution in [0.5, 0.6) is 0 Å². The van der Waals surface area contributed by atoms with E-state index >= 15 is 0 Å². The van der Waals surface area contributed by atoms with Crippen molar-refractivity contribution in [1.29, 1.82) is 0 Å². The zero-order valence-corrected chi connectivity index (χ0v) is 17.5. The maximum absolute atomic E-state index is 13.4. The number of fused-ring (bicyclic) bond motifs is 2. The number of hydrogen-bond donors (Lipinski definition) is 1. The molecule has 2 heterocycles. The number of hydrogen-bond acceptors (Lipinski definition) is 4. The van der Waals surface area contributed by atoms with Crippen molar-refractivity contribution in [3.63, 3.8) is 0 Å². The molecule has 0 saturated heterocycles. The van der Waals surface area contributed by atoms with Crippen molar-refractivity contribution in [2.45, 2.75) is 19.9 Å². The van der Waals surface area contributed by atoms with Crippen molar-refractivity contribution in [2.24, 2.45) is 0 Å². The first-order chi connectivity index (χ1) is 14.5. The van der Waals surface area contributed by atoms with Gasteiger partial charge in [-0.3, -0.25) is 9.59 Å². The smallest absolute Gasteiger partial charge is 0.254 e. The van der Waals surface area contributed by atoms with Gasteiger partial charge in [0.05, 0.1) is 17.4 Å². The monoisotopic (exact) mass is 405 g/mol. The largest absolute Gasteiger partial charge is 0.345 e. The van der Waals surface area contributed by atoms with E-state index in [-0.39, 0.29) is 11.8 Å². The quantitative estimate of drug-likeness (QED) is 0.676. The van der Waals surface area contributed by atoms with E-state index in [9.17, 15) is 9.59 Å². The lowest BCUT2D eigenvalue weighted by Gasteiger charge is -2.27. The third-order valence-electron chi connectivity index (χ3n) is 5.65. The number of nitrogens with one attached hydrogen (secondary N) is 1. The molecule has 1 aromatic heterocycles. The van der Waals surface area contributed by atoms with Crippen LogP contribution in [0.4, 0.5) is 5.69 Å². The molecule has 7 nitrogen and oxygen atoms in total. The Morgan fingerprint density at radius 1 is 1.03 bits per heavy atom. The van der Waals surface area contributed by atoms with Crippen LogP contribution in [0.1, 0.15) is 29.3 Å². The highest BCUT2D eigenvalue weighted by Gasteiger charge is 2.22. The summed E-state index contributed by atoms with van der Waals surface area (Å²) in [6.07, 6.45) is 2.52. The molecule has 1 aliphatic heterocycles. The molecule has 0 unspecified atom stereocenters. The van der Waals surface area contributed by atoms with E-state index in [0.717, 1.165) is 41.8 Å². The van der Waals surface area contributed by atoms with Gasteiger partial charge in [-0.2, -0.15) is 0 Å². The van der Waals surface area contributed by atoms with E-state index < -0.39 is 0 Å². The number of carbonyl (C=O) groups excluding carboxylic acids is 2. The second-order valence-corrected chi connectivity index (χ2v) is 7.82. The lowest BCUT2D eigenvalue weighted by Crippen LogP contribution is -2.37. The number of anilines is 1. The molecule has 156 valence electrons. The molecule has 0 spiro atoms. The molecule has 2 amide bonds. The highest BCUT2D eigenvalue weighted by molar-refractivity contribution is 5.97. The van der Waals surface area contributed by atoms with Crippen molar-refractivity contribution < 1.29 is 9.59 Å². The lowest BCUT2D eigenvalue weighted by atomic mass is 10.1. The fourth-order valence-electron chi connectivity index (χ4n) is 3.97. The topological polar surface area (TPSA) is 72.5 Å². The van der Waals surface area contributed by atoms with Gasteiger partial charge in [0.2, 0.25) is 5.91 Å². The van der Waals surface area contributed by atoms with Crippen LogP contribution in [0.25, 0.3) is 11.0 Å². The normalized spacial score (nSPS) is 16.2. The molecular weight excluding hydrogens is 378 g/mol. The van der Waals surface area contributed by atoms with E-state index in [0.29, 0.717) is 25.2 Å². The van der Waals surface area contributed by atoms with Crippen LogP contribution in [0.15, 0.2) is 48.8 Å². The molecule has 1 aliphatic rings. The Balaban J connectivity index is 1.69. The number of para-hydroxylation sites is 1. The van der Waals surface area contributed by atoms with Crippen LogP contribution < -0.4 is 4.90 Å². The van der Waals surface area contributed by atoms with Gasteiger partial charge in [-0.15, -0.1) is 0 Å². The third kappa shape index (κ3) is 4.21. The van der Waals surface area contributed by atoms with Gasteiger partial charge in [0.15, 0.2) is 0 Å². The highest BCUT2D eigenvalue weighted by Crippen LogP contribution is 2.24. The van der Waals surface area contributed by atoms with Crippen LogP contribution in [-0.2, 0) is 11.3 Å². The first kappa shape index (κ1) is 20.1. The van der Waals surface area contributed by atoms with Gasteiger partial charge in [-0.25, -0.2) is 4.98 Å². The first-order valence-corrected chi connectivity index (χ1v) is 10.3. The zero-order chi connectivity index (χ0) is 21.1. The minimum Gasteiger partial charge on any atom is -0.345 e. The summed E-state index contributed by atoms with van der Waals surface area (Å²) in [5, 5.41) is 0. The van der Waals surface area contributed by atoms with Crippen LogP contribution in [0, 0.1) is 0 Å². The summed E-state index contributed by atoms with van der Waals surface area (Å²) in [4.78, 5) is 39.0. The van der Waals surface area contributed by atoms with Gasteiger partial charge in [0.25, 0.3) is 5.91 Å². The predicted molar refractivity (Wildman–Crippen MR) is 117 cm³/mol. The minimum absolute atomic E-state index is 0.0203. The average molecular weight is 406 g/mol. The SMILES string of the molecule is CC(=O)N1CCCN(C)CCN(C(=O)c2ccc3nc[nH]c3c2)Cc2ccccc21. The summed E-state index contributed by atoms with van der Waals surface area (Å²) >= 11 is 0. The number of aromatic amines is 1. The van der Waals surface area contributed by atoms with Crippen LogP contribution in [0.2, 0.25) is 0 Å². The molecular formula is C23H27N5O2. The van der Waals surface area contributed by atoms with Gasteiger partial charge in [0, 0.05) is 44.4 Å². The van der Waals surface area contributed by atoms with Crippen molar-refractivity contribution in [2.75, 3.05) is 38.1 Å². The molecule has 3 aromatic rings. The highest BCUT2D eigenvalue weighted by atomic mass is 16.2. The summed E-state index contributed by atoms with van der Waals surface area (Å²) in [6, 6.07) is 13.4. The van der Waals surface area contributed by atoms with Crippen molar-refractivity contribution in [3.8, 4) is 0 Å². The maximum atomic E-state index is 13.4. The van der Waals surface area contributed by atoms with Crippen LogP contribution >= 0.6 is 0 Å². The molecule has 0 fully saturated rings. The molecule has 0 radical (unpaired) electrons. The Labute approximate surface area is 176 Å². The molecule has 7 heteroatoms. The zero-order valence-electron chi connectivity index (χ0n) is 17.5. The minimum atomic E-state index is -0.0247.